The van der Waals surface area contributed by atoms with E-state index in [1.807, 2.05) is 12.1 Å². The summed E-state index contributed by atoms with van der Waals surface area (Å²) < 4.78 is 1.22. The lowest BCUT2D eigenvalue weighted by atomic mass is 10.1. The topological polar surface area (TPSA) is 15.6 Å². The van der Waals surface area contributed by atoms with Gasteiger partial charge in [-0.15, -0.1) is 0 Å². The molecule has 4 rings (SSSR count). The number of hydrogen-bond acceptors (Lipinski definition) is 2. The lowest BCUT2D eigenvalue weighted by molar-refractivity contribution is 0.377. The summed E-state index contributed by atoms with van der Waals surface area (Å²) in [5, 5.41) is 0.782. The zero-order valence-electron chi connectivity index (χ0n) is 9.03. The minimum atomic E-state index is 0.532. The van der Waals surface area contributed by atoms with Crippen LogP contribution in [0.25, 0.3) is 0 Å². The number of benzene rings is 1. The van der Waals surface area contributed by atoms with Crippen molar-refractivity contribution in [2.45, 2.75) is 19.0 Å². The van der Waals surface area contributed by atoms with E-state index in [0.717, 1.165) is 17.3 Å². The van der Waals surface area contributed by atoms with Gasteiger partial charge in [-0.1, -0.05) is 23.8 Å². The molecule has 0 saturated carbocycles. The van der Waals surface area contributed by atoms with E-state index in [1.165, 1.54) is 21.4 Å². The average molecular weight is 357 g/mol. The molecule has 1 aromatic carbocycles. The van der Waals surface area contributed by atoms with Crippen molar-refractivity contribution < 1.29 is 0 Å². The van der Waals surface area contributed by atoms with E-state index in [1.54, 1.807) is 0 Å². The van der Waals surface area contributed by atoms with Crippen LogP contribution < -0.4 is 0 Å². The minimum Gasteiger partial charge on any atom is -0.349 e. The molecule has 1 aliphatic carbocycles. The monoisotopic (exact) mass is 356 g/mol. The summed E-state index contributed by atoms with van der Waals surface area (Å²) in [5.74, 6) is 1.77. The van der Waals surface area contributed by atoms with Crippen molar-refractivity contribution in [2.75, 3.05) is 0 Å². The molecule has 0 radical (unpaired) electrons. The molecule has 1 fully saturated rings. The zero-order chi connectivity index (χ0) is 11.6. The summed E-state index contributed by atoms with van der Waals surface area (Å²) in [6.07, 6.45) is 5.81. The number of halogens is 2. The average Bonchev–Trinajstić information content (AvgIpc) is 2.87. The molecule has 2 bridgehead atoms. The molecular formula is C13H10ClIN2. The minimum absolute atomic E-state index is 0.532. The van der Waals surface area contributed by atoms with E-state index in [2.05, 4.69) is 39.6 Å². The molecule has 2 heterocycles. The van der Waals surface area contributed by atoms with E-state index < -0.39 is 0 Å². The molecule has 86 valence electrons. The maximum absolute atomic E-state index is 6.10. The largest absolute Gasteiger partial charge is 0.349 e. The maximum atomic E-state index is 6.10. The fourth-order valence-electron chi connectivity index (χ4n) is 2.97. The van der Waals surface area contributed by atoms with Gasteiger partial charge in [0.2, 0.25) is 0 Å². The summed E-state index contributed by atoms with van der Waals surface area (Å²) in [6, 6.07) is 4.57. The third-order valence-corrected chi connectivity index (χ3v) is 4.97. The van der Waals surface area contributed by atoms with Crippen LogP contribution in [0.4, 0.5) is 5.69 Å². The second-order valence-corrected chi connectivity index (χ2v) is 6.38. The highest BCUT2D eigenvalue weighted by Crippen LogP contribution is 2.42. The van der Waals surface area contributed by atoms with E-state index in [9.17, 15) is 0 Å². The molecule has 2 nitrogen and oxygen atoms in total. The molecule has 17 heavy (non-hydrogen) atoms. The van der Waals surface area contributed by atoms with Gasteiger partial charge >= 0.3 is 0 Å². The second kappa shape index (κ2) is 3.48. The third kappa shape index (κ3) is 1.41. The van der Waals surface area contributed by atoms with Gasteiger partial charge in [-0.3, -0.25) is 0 Å². The first-order valence-corrected chi connectivity index (χ1v) is 7.19. The number of amidine groups is 1. The first-order chi connectivity index (χ1) is 8.22. The normalized spacial score (nSPS) is 28.1. The van der Waals surface area contributed by atoms with Gasteiger partial charge in [-0.05, 0) is 41.1 Å². The molecule has 1 aromatic rings. The van der Waals surface area contributed by atoms with Gasteiger partial charge in [-0.2, -0.15) is 0 Å². The van der Waals surface area contributed by atoms with Gasteiger partial charge in [0.15, 0.2) is 0 Å². The van der Waals surface area contributed by atoms with Gasteiger partial charge in [0.25, 0.3) is 0 Å². The van der Waals surface area contributed by atoms with Gasteiger partial charge in [0.05, 0.1) is 5.69 Å². The maximum Gasteiger partial charge on any atom is 0.113 e. The lowest BCUT2D eigenvalue weighted by Gasteiger charge is -2.32. The van der Waals surface area contributed by atoms with Gasteiger partial charge in [-0.25, -0.2) is 4.99 Å². The molecule has 0 N–H and O–H groups in total. The molecule has 2 unspecified atom stereocenters. The Kier molecular flexibility index (Phi) is 2.12. The Bertz CT molecular complexity index is 579. The Labute approximate surface area is 118 Å². The van der Waals surface area contributed by atoms with Crippen molar-refractivity contribution in [3.8, 4) is 0 Å². The predicted molar refractivity (Wildman–Crippen MR) is 77.8 cm³/mol. The SMILES string of the molecule is Clc1cc(I)c2c(c1)N=C1C3C=CC(C3)N1C2. The van der Waals surface area contributed by atoms with Gasteiger partial charge in [0.1, 0.15) is 5.84 Å². The Morgan fingerprint density at radius 3 is 3.12 bits per heavy atom. The number of hydrogen-bond donors (Lipinski definition) is 0. The Morgan fingerprint density at radius 2 is 2.24 bits per heavy atom. The lowest BCUT2D eigenvalue weighted by Crippen LogP contribution is -2.36. The summed E-state index contributed by atoms with van der Waals surface area (Å²) in [6.45, 7) is 0.981. The Morgan fingerprint density at radius 1 is 1.35 bits per heavy atom. The zero-order valence-corrected chi connectivity index (χ0v) is 11.9. The molecule has 0 aromatic heterocycles. The van der Waals surface area contributed by atoms with Crippen molar-refractivity contribution in [3.05, 3.63) is 38.4 Å². The molecule has 0 amide bonds. The first kappa shape index (κ1) is 10.4. The molecule has 2 atom stereocenters. The summed E-state index contributed by atoms with van der Waals surface area (Å²) >= 11 is 8.46. The fraction of sp³-hybridized carbons (Fsp3) is 0.308. The van der Waals surface area contributed by atoms with Crippen LogP contribution in [0.1, 0.15) is 12.0 Å². The van der Waals surface area contributed by atoms with Gasteiger partial charge < -0.3 is 4.90 Å². The first-order valence-electron chi connectivity index (χ1n) is 5.74. The van der Waals surface area contributed by atoms with E-state index in [4.69, 9.17) is 16.6 Å². The van der Waals surface area contributed by atoms with Gasteiger partial charge in [0, 0.05) is 32.7 Å². The summed E-state index contributed by atoms with van der Waals surface area (Å²) in [5.41, 5.74) is 2.38. The van der Waals surface area contributed by atoms with E-state index in [0.29, 0.717) is 12.0 Å². The third-order valence-electron chi connectivity index (χ3n) is 3.79. The van der Waals surface area contributed by atoms with Crippen molar-refractivity contribution in [1.82, 2.24) is 4.90 Å². The molecule has 0 spiro atoms. The number of rotatable bonds is 0. The quantitative estimate of drug-likeness (QED) is 0.511. The fourth-order valence-corrected chi connectivity index (χ4v) is 4.15. The van der Waals surface area contributed by atoms with Crippen LogP contribution in [0.3, 0.4) is 0 Å². The molecule has 4 heteroatoms. The highest BCUT2D eigenvalue weighted by molar-refractivity contribution is 14.1. The smallest absolute Gasteiger partial charge is 0.113 e. The summed E-state index contributed by atoms with van der Waals surface area (Å²) in [7, 11) is 0. The predicted octanol–water partition coefficient (Wildman–Crippen LogP) is 3.75. The number of fused-ring (bicyclic) bond motifs is 6. The number of aliphatic imine (C=N–C) groups is 1. The molecule has 3 aliphatic rings. The van der Waals surface area contributed by atoms with Crippen molar-refractivity contribution >= 4 is 45.7 Å². The molecule has 1 saturated heterocycles. The Hall–Kier alpha value is -0.550. The van der Waals surface area contributed by atoms with Crippen LogP contribution in [0.5, 0.6) is 0 Å². The van der Waals surface area contributed by atoms with E-state index >= 15 is 0 Å². The van der Waals surface area contributed by atoms with Crippen molar-refractivity contribution in [2.24, 2.45) is 10.9 Å². The summed E-state index contributed by atoms with van der Waals surface area (Å²) in [4.78, 5) is 7.25. The van der Waals surface area contributed by atoms with Crippen LogP contribution in [0.2, 0.25) is 5.02 Å². The highest BCUT2D eigenvalue weighted by Gasteiger charge is 2.41. The van der Waals surface area contributed by atoms with Crippen LogP contribution in [-0.2, 0) is 6.54 Å². The number of nitrogens with zero attached hydrogens (tertiary/aromatic N) is 2. The molecular weight excluding hydrogens is 347 g/mol. The van der Waals surface area contributed by atoms with Crippen LogP contribution in [0, 0.1) is 9.49 Å². The van der Waals surface area contributed by atoms with Crippen LogP contribution in [-0.4, -0.2) is 16.8 Å². The molecule has 2 aliphatic heterocycles. The standard InChI is InChI=1S/C13H10ClIN2/c14-8-4-11(15)10-6-17-9-2-1-7(3-9)13(17)16-12(10)5-8/h1-2,4-5,7,9H,3,6H2. The van der Waals surface area contributed by atoms with E-state index in [-0.39, 0.29) is 0 Å². The van der Waals surface area contributed by atoms with Crippen molar-refractivity contribution in [1.29, 1.82) is 0 Å². The van der Waals surface area contributed by atoms with Crippen LogP contribution >= 0.6 is 34.2 Å². The highest BCUT2D eigenvalue weighted by atomic mass is 127. The second-order valence-electron chi connectivity index (χ2n) is 4.78. The van der Waals surface area contributed by atoms with Crippen molar-refractivity contribution in [3.63, 3.8) is 0 Å². The van der Waals surface area contributed by atoms with Crippen LogP contribution in [0.15, 0.2) is 29.3 Å². The Balaban J connectivity index is 1.90.